The maximum atomic E-state index is 11.1. The molecule has 0 atom stereocenters. The van der Waals surface area contributed by atoms with Crippen LogP contribution in [-0.4, -0.2) is 25.6 Å². The number of pyridine rings is 2. The van der Waals surface area contributed by atoms with Gasteiger partial charge in [-0.2, -0.15) is 0 Å². The standard InChI is InChI=1S/C22H24N2OS2/c1-14(2)26-21-18(10-6-12-23-21)16-8-5-9-17(20(16)25)19-11-7-13-24-22(19)27-15(3)4/h5-15,25H,1-4H3. The molecule has 0 amide bonds. The van der Waals surface area contributed by atoms with Crippen molar-refractivity contribution in [2.45, 2.75) is 48.2 Å². The molecule has 0 unspecified atom stereocenters. The number of benzene rings is 1. The van der Waals surface area contributed by atoms with Gasteiger partial charge in [0.05, 0.1) is 0 Å². The second-order valence-electron chi connectivity index (χ2n) is 6.75. The molecule has 27 heavy (non-hydrogen) atoms. The lowest BCUT2D eigenvalue weighted by Crippen LogP contribution is -1.95. The minimum atomic E-state index is 0.273. The fourth-order valence-corrected chi connectivity index (χ4v) is 4.55. The Morgan fingerprint density at radius 1 is 0.667 bits per heavy atom. The maximum absolute atomic E-state index is 11.1. The molecular weight excluding hydrogens is 372 g/mol. The number of hydrogen-bond acceptors (Lipinski definition) is 5. The van der Waals surface area contributed by atoms with Crippen LogP contribution in [0.3, 0.4) is 0 Å². The quantitative estimate of drug-likeness (QED) is 0.481. The molecule has 0 spiro atoms. The van der Waals surface area contributed by atoms with Crippen LogP contribution >= 0.6 is 23.5 Å². The summed E-state index contributed by atoms with van der Waals surface area (Å²) in [6.07, 6.45) is 3.60. The third-order valence-corrected chi connectivity index (χ3v) is 5.89. The Morgan fingerprint density at radius 3 is 1.48 bits per heavy atom. The Hall–Kier alpha value is -1.98. The molecule has 0 aliphatic rings. The summed E-state index contributed by atoms with van der Waals surface area (Å²) >= 11 is 3.41. The summed E-state index contributed by atoms with van der Waals surface area (Å²) < 4.78 is 0. The first kappa shape index (κ1) is 19.8. The summed E-state index contributed by atoms with van der Waals surface area (Å²) in [4.78, 5) is 9.06. The summed E-state index contributed by atoms with van der Waals surface area (Å²) in [5, 5.41) is 13.8. The second kappa shape index (κ2) is 8.81. The highest BCUT2D eigenvalue weighted by atomic mass is 32.2. The van der Waals surface area contributed by atoms with Crippen LogP contribution in [-0.2, 0) is 0 Å². The predicted molar refractivity (Wildman–Crippen MR) is 117 cm³/mol. The van der Waals surface area contributed by atoms with Crippen molar-refractivity contribution in [2.75, 3.05) is 0 Å². The lowest BCUT2D eigenvalue weighted by molar-refractivity contribution is 0.479. The monoisotopic (exact) mass is 396 g/mol. The van der Waals surface area contributed by atoms with E-state index in [1.807, 2.05) is 42.5 Å². The molecule has 0 aliphatic carbocycles. The first-order chi connectivity index (χ1) is 13.0. The van der Waals surface area contributed by atoms with E-state index in [-0.39, 0.29) is 5.75 Å². The van der Waals surface area contributed by atoms with E-state index >= 15 is 0 Å². The zero-order chi connectivity index (χ0) is 19.4. The topological polar surface area (TPSA) is 46.0 Å². The van der Waals surface area contributed by atoms with Crippen LogP contribution in [0.4, 0.5) is 0 Å². The number of thioether (sulfide) groups is 2. The van der Waals surface area contributed by atoms with Gasteiger partial charge in [-0.1, -0.05) is 45.9 Å². The summed E-state index contributed by atoms with van der Waals surface area (Å²) in [7, 11) is 0. The van der Waals surface area contributed by atoms with Crippen molar-refractivity contribution in [2.24, 2.45) is 0 Å². The fraction of sp³-hybridized carbons (Fsp3) is 0.273. The molecule has 0 saturated carbocycles. The van der Waals surface area contributed by atoms with E-state index in [4.69, 9.17) is 0 Å². The average Bonchev–Trinajstić information content (AvgIpc) is 2.62. The highest BCUT2D eigenvalue weighted by Gasteiger charge is 2.18. The minimum absolute atomic E-state index is 0.273. The van der Waals surface area contributed by atoms with Crippen LogP contribution in [0.5, 0.6) is 5.75 Å². The Bertz CT molecular complexity index is 854. The van der Waals surface area contributed by atoms with E-state index in [0.29, 0.717) is 10.5 Å². The predicted octanol–water partition coefficient (Wildman–Crippen LogP) is 6.52. The molecule has 2 heterocycles. The van der Waals surface area contributed by atoms with Crippen LogP contribution in [0.2, 0.25) is 0 Å². The average molecular weight is 397 g/mol. The molecule has 0 fully saturated rings. The molecule has 1 N–H and O–H groups in total. The van der Waals surface area contributed by atoms with Gasteiger partial charge >= 0.3 is 0 Å². The third-order valence-electron chi connectivity index (χ3n) is 3.85. The Labute approximate surface area is 169 Å². The molecular formula is C22H24N2OS2. The van der Waals surface area contributed by atoms with Gasteiger partial charge < -0.3 is 5.11 Å². The van der Waals surface area contributed by atoms with Crippen molar-refractivity contribution in [1.82, 2.24) is 9.97 Å². The molecule has 0 aliphatic heterocycles. The van der Waals surface area contributed by atoms with E-state index in [1.54, 1.807) is 35.9 Å². The van der Waals surface area contributed by atoms with Gasteiger partial charge in [-0.25, -0.2) is 9.97 Å². The SMILES string of the molecule is CC(C)Sc1ncccc1-c1cccc(-c2cccnc2SC(C)C)c1O. The number of nitrogens with zero attached hydrogens (tertiary/aromatic N) is 2. The van der Waals surface area contributed by atoms with Gasteiger partial charge in [0.1, 0.15) is 15.8 Å². The molecule has 2 aromatic heterocycles. The Kier molecular flexibility index (Phi) is 6.45. The van der Waals surface area contributed by atoms with Crippen molar-refractivity contribution in [3.63, 3.8) is 0 Å². The smallest absolute Gasteiger partial charge is 0.131 e. The van der Waals surface area contributed by atoms with Crippen molar-refractivity contribution in [1.29, 1.82) is 0 Å². The molecule has 0 bridgehead atoms. The van der Waals surface area contributed by atoms with Gasteiger partial charge in [0, 0.05) is 45.1 Å². The summed E-state index contributed by atoms with van der Waals surface area (Å²) in [6, 6.07) is 13.7. The number of para-hydroxylation sites is 1. The lowest BCUT2D eigenvalue weighted by Gasteiger charge is -2.15. The van der Waals surface area contributed by atoms with E-state index in [2.05, 4.69) is 37.7 Å². The molecule has 5 heteroatoms. The van der Waals surface area contributed by atoms with Gasteiger partial charge in [0.2, 0.25) is 0 Å². The highest BCUT2D eigenvalue weighted by molar-refractivity contribution is 8.00. The van der Waals surface area contributed by atoms with E-state index in [0.717, 1.165) is 32.3 Å². The van der Waals surface area contributed by atoms with Gasteiger partial charge in [0.25, 0.3) is 0 Å². The molecule has 3 nitrogen and oxygen atoms in total. The number of rotatable bonds is 6. The van der Waals surface area contributed by atoms with Crippen LogP contribution < -0.4 is 0 Å². The van der Waals surface area contributed by atoms with Crippen LogP contribution in [0.15, 0.2) is 64.9 Å². The van der Waals surface area contributed by atoms with E-state index in [1.165, 1.54) is 0 Å². The van der Waals surface area contributed by atoms with Crippen LogP contribution in [0, 0.1) is 0 Å². The van der Waals surface area contributed by atoms with E-state index < -0.39 is 0 Å². The molecule has 140 valence electrons. The Morgan fingerprint density at radius 2 is 1.07 bits per heavy atom. The number of aromatic nitrogens is 2. The minimum Gasteiger partial charge on any atom is -0.507 e. The van der Waals surface area contributed by atoms with Gasteiger partial charge in [-0.15, -0.1) is 23.5 Å². The number of phenols is 1. The maximum Gasteiger partial charge on any atom is 0.131 e. The Balaban J connectivity index is 2.12. The van der Waals surface area contributed by atoms with Crippen molar-refractivity contribution >= 4 is 23.5 Å². The van der Waals surface area contributed by atoms with Gasteiger partial charge in [-0.3, -0.25) is 0 Å². The van der Waals surface area contributed by atoms with Crippen LogP contribution in [0.25, 0.3) is 22.3 Å². The van der Waals surface area contributed by atoms with Crippen molar-refractivity contribution in [3.8, 4) is 28.0 Å². The molecule has 3 aromatic rings. The zero-order valence-electron chi connectivity index (χ0n) is 16.0. The zero-order valence-corrected chi connectivity index (χ0v) is 17.6. The number of hydrogen-bond donors (Lipinski definition) is 1. The summed E-state index contributed by atoms with van der Waals surface area (Å²) in [5.74, 6) is 0.273. The van der Waals surface area contributed by atoms with Crippen molar-refractivity contribution in [3.05, 3.63) is 54.9 Å². The van der Waals surface area contributed by atoms with Gasteiger partial charge in [0.15, 0.2) is 0 Å². The van der Waals surface area contributed by atoms with Gasteiger partial charge in [-0.05, 0) is 24.3 Å². The lowest BCUT2D eigenvalue weighted by atomic mass is 9.99. The number of phenolic OH excluding ortho intramolecular Hbond substituents is 1. The van der Waals surface area contributed by atoms with E-state index in [9.17, 15) is 5.11 Å². The second-order valence-corrected chi connectivity index (χ2v) is 9.88. The largest absolute Gasteiger partial charge is 0.507 e. The molecule has 0 radical (unpaired) electrons. The molecule has 1 aromatic carbocycles. The molecule has 3 rings (SSSR count). The summed E-state index contributed by atoms with van der Waals surface area (Å²) in [5.41, 5.74) is 3.51. The third kappa shape index (κ3) is 4.66. The number of aromatic hydroxyl groups is 1. The first-order valence-electron chi connectivity index (χ1n) is 9.03. The normalized spacial score (nSPS) is 11.3. The van der Waals surface area contributed by atoms with Crippen LogP contribution in [0.1, 0.15) is 27.7 Å². The highest BCUT2D eigenvalue weighted by Crippen LogP contribution is 2.43. The first-order valence-corrected chi connectivity index (χ1v) is 10.8. The fourth-order valence-electron chi connectivity index (χ4n) is 2.80. The summed E-state index contributed by atoms with van der Waals surface area (Å²) in [6.45, 7) is 8.57. The molecule has 0 saturated heterocycles. The van der Waals surface area contributed by atoms with Crippen molar-refractivity contribution < 1.29 is 5.11 Å².